The van der Waals surface area contributed by atoms with E-state index in [0.29, 0.717) is 25.9 Å². The molecular weight excluding hydrogens is 530 g/mol. The third kappa shape index (κ3) is 6.19. The Morgan fingerprint density at radius 3 is 2.00 bits per heavy atom. The first-order valence-electron chi connectivity index (χ1n) is 14.5. The molecular formula is C34H39N3O5. The Kier molecular flexibility index (Phi) is 8.36. The second-order valence-electron chi connectivity index (χ2n) is 12.4. The fourth-order valence-corrected chi connectivity index (χ4v) is 6.09. The second-order valence-corrected chi connectivity index (χ2v) is 12.4. The van der Waals surface area contributed by atoms with Crippen LogP contribution in [-0.4, -0.2) is 59.3 Å². The van der Waals surface area contributed by atoms with Crippen molar-refractivity contribution < 1.29 is 24.2 Å². The molecule has 1 saturated heterocycles. The van der Waals surface area contributed by atoms with E-state index in [-0.39, 0.29) is 12.5 Å². The van der Waals surface area contributed by atoms with E-state index >= 15 is 0 Å². The standard InChI is InChI=1S/C34H39N3O5/c1-33(2,3)29(30(38)39)35-31(40)34(17-19-37(20-18-34)21-23-11-5-4-6-12-23)36-32(41)42-22-28-26-15-9-7-13-24(26)25-14-8-10-16-27(25)28/h4-16,28-29H,17-22H2,1-3H3,(H,35,40)(H,36,41)(H,38,39)/t29-/m1/s1. The number of fused-ring (bicyclic) bond motifs is 3. The highest BCUT2D eigenvalue weighted by atomic mass is 16.5. The summed E-state index contributed by atoms with van der Waals surface area (Å²) >= 11 is 0. The minimum absolute atomic E-state index is 0.113. The van der Waals surface area contributed by atoms with Gasteiger partial charge in [0, 0.05) is 25.6 Å². The van der Waals surface area contributed by atoms with Crippen molar-refractivity contribution >= 4 is 18.0 Å². The van der Waals surface area contributed by atoms with E-state index < -0.39 is 35.0 Å². The van der Waals surface area contributed by atoms with Crippen LogP contribution in [-0.2, 0) is 20.9 Å². The Morgan fingerprint density at radius 1 is 0.905 bits per heavy atom. The molecule has 0 spiro atoms. The lowest BCUT2D eigenvalue weighted by Crippen LogP contribution is -2.66. The number of hydrogen-bond donors (Lipinski definition) is 3. The highest BCUT2D eigenvalue weighted by Gasteiger charge is 2.46. The van der Waals surface area contributed by atoms with Crippen LogP contribution in [0.5, 0.6) is 0 Å². The Balaban J connectivity index is 1.31. The van der Waals surface area contributed by atoms with Gasteiger partial charge in [-0.15, -0.1) is 0 Å². The van der Waals surface area contributed by atoms with Crippen molar-refractivity contribution in [3.8, 4) is 11.1 Å². The maximum atomic E-state index is 13.8. The Bertz CT molecular complexity index is 1400. The molecule has 2 aliphatic rings. The van der Waals surface area contributed by atoms with Crippen molar-refractivity contribution in [2.24, 2.45) is 5.41 Å². The number of hydrogen-bond acceptors (Lipinski definition) is 5. The molecule has 1 atom stereocenters. The van der Waals surface area contributed by atoms with E-state index in [0.717, 1.165) is 34.4 Å². The maximum absolute atomic E-state index is 13.8. The number of likely N-dealkylation sites (tertiary alicyclic amines) is 1. The topological polar surface area (TPSA) is 108 Å². The van der Waals surface area contributed by atoms with Crippen LogP contribution in [0.15, 0.2) is 78.9 Å². The second kappa shape index (κ2) is 12.0. The van der Waals surface area contributed by atoms with Crippen LogP contribution in [0.4, 0.5) is 4.79 Å². The van der Waals surface area contributed by atoms with Crippen LogP contribution in [0.3, 0.4) is 0 Å². The third-order valence-electron chi connectivity index (χ3n) is 8.47. The molecule has 1 heterocycles. The minimum Gasteiger partial charge on any atom is -0.480 e. The Hall–Kier alpha value is -4.17. The van der Waals surface area contributed by atoms with E-state index in [1.165, 1.54) is 0 Å². The molecule has 1 fully saturated rings. The zero-order valence-electron chi connectivity index (χ0n) is 24.4. The highest BCUT2D eigenvalue weighted by molar-refractivity contribution is 5.93. The van der Waals surface area contributed by atoms with Crippen LogP contribution in [0, 0.1) is 5.41 Å². The molecule has 5 rings (SSSR count). The molecule has 1 aliphatic carbocycles. The van der Waals surface area contributed by atoms with Crippen molar-refractivity contribution in [3.05, 3.63) is 95.6 Å². The molecule has 8 nitrogen and oxygen atoms in total. The van der Waals surface area contributed by atoms with E-state index in [1.54, 1.807) is 20.8 Å². The lowest BCUT2D eigenvalue weighted by Gasteiger charge is -2.42. The largest absolute Gasteiger partial charge is 0.480 e. The molecule has 0 saturated carbocycles. The van der Waals surface area contributed by atoms with E-state index in [1.807, 2.05) is 42.5 Å². The third-order valence-corrected chi connectivity index (χ3v) is 8.47. The molecule has 220 valence electrons. The zero-order chi connectivity index (χ0) is 29.9. The van der Waals surface area contributed by atoms with Gasteiger partial charge in [0.15, 0.2) is 0 Å². The number of carboxylic acid groups (broad SMARTS) is 1. The van der Waals surface area contributed by atoms with Gasteiger partial charge >= 0.3 is 12.1 Å². The number of amides is 2. The SMILES string of the molecule is CC(C)(C)[C@H](NC(=O)C1(NC(=O)OCC2c3ccccc3-c3ccccc32)CCN(Cc2ccccc2)CC1)C(=O)O. The van der Waals surface area contributed by atoms with Gasteiger partial charge in [0.25, 0.3) is 0 Å². The number of ether oxygens (including phenoxy) is 1. The molecule has 3 N–H and O–H groups in total. The van der Waals surface area contributed by atoms with Gasteiger partial charge in [-0.1, -0.05) is 99.6 Å². The molecule has 8 heteroatoms. The van der Waals surface area contributed by atoms with Crippen molar-refractivity contribution in [1.82, 2.24) is 15.5 Å². The van der Waals surface area contributed by atoms with Crippen LogP contribution in [0.25, 0.3) is 11.1 Å². The predicted octanol–water partition coefficient (Wildman–Crippen LogP) is 5.18. The fourth-order valence-electron chi connectivity index (χ4n) is 6.09. The smallest absolute Gasteiger partial charge is 0.408 e. The number of nitrogens with zero attached hydrogens (tertiary/aromatic N) is 1. The first kappa shape index (κ1) is 29.3. The number of alkyl carbamates (subject to hydrolysis) is 1. The van der Waals surface area contributed by atoms with Gasteiger partial charge < -0.3 is 20.5 Å². The van der Waals surface area contributed by atoms with Crippen molar-refractivity contribution in [3.63, 3.8) is 0 Å². The molecule has 0 bridgehead atoms. The van der Waals surface area contributed by atoms with Gasteiger partial charge in [0.1, 0.15) is 18.2 Å². The van der Waals surface area contributed by atoms with Crippen LogP contribution in [0.2, 0.25) is 0 Å². The number of piperidine rings is 1. The van der Waals surface area contributed by atoms with Gasteiger partial charge in [-0.3, -0.25) is 9.69 Å². The Labute approximate surface area is 247 Å². The summed E-state index contributed by atoms with van der Waals surface area (Å²) in [4.78, 5) is 41.5. The summed E-state index contributed by atoms with van der Waals surface area (Å²) in [7, 11) is 0. The number of benzene rings is 3. The molecule has 2 amide bonds. The quantitative estimate of drug-likeness (QED) is 0.345. The van der Waals surface area contributed by atoms with E-state index in [2.05, 4.69) is 51.9 Å². The average Bonchev–Trinajstić information content (AvgIpc) is 3.29. The van der Waals surface area contributed by atoms with Gasteiger partial charge in [-0.2, -0.15) is 0 Å². The van der Waals surface area contributed by atoms with Gasteiger partial charge in [0.05, 0.1) is 0 Å². The lowest BCUT2D eigenvalue weighted by atomic mass is 9.83. The van der Waals surface area contributed by atoms with E-state index in [4.69, 9.17) is 4.74 Å². The molecule has 0 unspecified atom stereocenters. The summed E-state index contributed by atoms with van der Waals surface area (Å²) in [6.07, 6.45) is -0.0373. The number of nitrogens with one attached hydrogen (secondary N) is 2. The van der Waals surface area contributed by atoms with Gasteiger partial charge in [-0.25, -0.2) is 9.59 Å². The van der Waals surface area contributed by atoms with Gasteiger partial charge in [-0.05, 0) is 46.1 Å². The number of carbonyl (C=O) groups is 3. The van der Waals surface area contributed by atoms with Gasteiger partial charge in [0.2, 0.25) is 5.91 Å². The predicted molar refractivity (Wildman–Crippen MR) is 161 cm³/mol. The highest BCUT2D eigenvalue weighted by Crippen LogP contribution is 2.44. The first-order valence-corrected chi connectivity index (χ1v) is 14.5. The summed E-state index contributed by atoms with van der Waals surface area (Å²) in [5.41, 5.74) is 3.61. The van der Waals surface area contributed by atoms with Crippen LogP contribution < -0.4 is 10.6 Å². The maximum Gasteiger partial charge on any atom is 0.408 e. The monoisotopic (exact) mass is 569 g/mol. The molecule has 0 aromatic heterocycles. The van der Waals surface area contributed by atoms with E-state index in [9.17, 15) is 19.5 Å². The summed E-state index contributed by atoms with van der Waals surface area (Å²) < 4.78 is 5.80. The first-order chi connectivity index (χ1) is 20.1. The molecule has 0 radical (unpaired) electrons. The molecule has 42 heavy (non-hydrogen) atoms. The average molecular weight is 570 g/mol. The summed E-state index contributed by atoms with van der Waals surface area (Å²) in [6.45, 7) is 7.25. The number of rotatable bonds is 8. The summed E-state index contributed by atoms with van der Waals surface area (Å²) in [5.74, 6) is -1.73. The van der Waals surface area contributed by atoms with Crippen molar-refractivity contribution in [2.75, 3.05) is 19.7 Å². The number of carbonyl (C=O) groups excluding carboxylic acids is 2. The number of carboxylic acids is 1. The normalized spacial score (nSPS) is 17.0. The van der Waals surface area contributed by atoms with Crippen molar-refractivity contribution in [2.45, 2.75) is 57.7 Å². The summed E-state index contributed by atoms with van der Waals surface area (Å²) in [5, 5.41) is 15.5. The van der Waals surface area contributed by atoms with Crippen LogP contribution in [0.1, 0.15) is 56.2 Å². The van der Waals surface area contributed by atoms with Crippen molar-refractivity contribution in [1.29, 1.82) is 0 Å². The molecule has 3 aromatic carbocycles. The minimum atomic E-state index is -1.30. The lowest BCUT2D eigenvalue weighted by molar-refractivity contribution is -0.146. The molecule has 1 aliphatic heterocycles. The summed E-state index contributed by atoms with van der Waals surface area (Å²) in [6, 6.07) is 25.2. The molecule has 3 aromatic rings. The fraction of sp³-hybridized carbons (Fsp3) is 0.382. The van der Waals surface area contributed by atoms with Crippen LogP contribution >= 0.6 is 0 Å². The zero-order valence-corrected chi connectivity index (χ0v) is 24.4. The number of aliphatic carboxylic acids is 1. The Morgan fingerprint density at radius 2 is 1.45 bits per heavy atom.